The van der Waals surface area contributed by atoms with Gasteiger partial charge in [0.1, 0.15) is 5.75 Å². The van der Waals surface area contributed by atoms with E-state index in [0.717, 1.165) is 25.7 Å². The minimum absolute atomic E-state index is 0.161. The third-order valence-electron chi connectivity index (χ3n) is 3.35. The Kier molecular flexibility index (Phi) is 3.79. The number of hydrogen-bond donors (Lipinski definition) is 3. The van der Waals surface area contributed by atoms with Gasteiger partial charge in [-0.1, -0.05) is 30.9 Å². The van der Waals surface area contributed by atoms with Crippen molar-refractivity contribution in [1.29, 1.82) is 0 Å². The van der Waals surface area contributed by atoms with E-state index in [9.17, 15) is 10.2 Å². The molecule has 1 saturated carbocycles. The molecular weight excluding hydrogens is 238 g/mol. The Bertz CT molecular complexity index is 389. The Morgan fingerprint density at radius 3 is 2.65 bits per heavy atom. The first-order valence-electron chi connectivity index (χ1n) is 6.04. The fraction of sp³-hybridized carbons (Fsp3) is 0.538. The molecule has 17 heavy (non-hydrogen) atoms. The van der Waals surface area contributed by atoms with Gasteiger partial charge >= 0.3 is 0 Å². The first kappa shape index (κ1) is 12.5. The van der Waals surface area contributed by atoms with Crippen LogP contribution in [0.5, 0.6) is 5.75 Å². The molecule has 1 aliphatic rings. The van der Waals surface area contributed by atoms with Gasteiger partial charge in [0.05, 0.1) is 11.3 Å². The summed E-state index contributed by atoms with van der Waals surface area (Å²) in [4.78, 5) is 0. The molecule has 3 N–H and O–H groups in total. The van der Waals surface area contributed by atoms with Crippen LogP contribution in [0.2, 0.25) is 5.02 Å². The van der Waals surface area contributed by atoms with Gasteiger partial charge in [-0.15, -0.1) is 0 Å². The zero-order valence-corrected chi connectivity index (χ0v) is 10.5. The molecule has 2 rings (SSSR count). The lowest BCUT2D eigenvalue weighted by atomic mass is 9.85. The molecule has 0 heterocycles. The maximum atomic E-state index is 10.3. The van der Waals surface area contributed by atoms with Crippen LogP contribution in [-0.4, -0.2) is 22.4 Å². The summed E-state index contributed by atoms with van der Waals surface area (Å²) in [5.41, 5.74) is -0.0657. The molecule has 1 fully saturated rings. The van der Waals surface area contributed by atoms with E-state index in [-0.39, 0.29) is 5.75 Å². The summed E-state index contributed by atoms with van der Waals surface area (Å²) in [7, 11) is 0. The minimum atomic E-state index is -0.646. The SMILES string of the molecule is Oc1ccc(Cl)cc1NCC1(O)CCCCC1. The molecule has 0 aromatic heterocycles. The van der Waals surface area contributed by atoms with Crippen molar-refractivity contribution < 1.29 is 10.2 Å². The van der Waals surface area contributed by atoms with E-state index in [4.69, 9.17) is 11.6 Å². The van der Waals surface area contributed by atoms with E-state index in [0.29, 0.717) is 17.3 Å². The number of phenols is 1. The van der Waals surface area contributed by atoms with E-state index in [1.165, 1.54) is 6.42 Å². The molecule has 0 aliphatic heterocycles. The molecule has 1 aliphatic carbocycles. The Morgan fingerprint density at radius 2 is 1.94 bits per heavy atom. The van der Waals surface area contributed by atoms with Crippen molar-refractivity contribution in [3.05, 3.63) is 23.2 Å². The number of hydrogen-bond acceptors (Lipinski definition) is 3. The first-order chi connectivity index (χ1) is 8.09. The number of benzene rings is 1. The second-order valence-electron chi connectivity index (χ2n) is 4.80. The van der Waals surface area contributed by atoms with Gasteiger partial charge in [-0.2, -0.15) is 0 Å². The summed E-state index contributed by atoms with van der Waals surface area (Å²) in [6.45, 7) is 0.459. The van der Waals surface area contributed by atoms with E-state index in [1.807, 2.05) is 0 Å². The normalized spacial score (nSPS) is 18.9. The van der Waals surface area contributed by atoms with Crippen LogP contribution in [0.25, 0.3) is 0 Å². The summed E-state index contributed by atoms with van der Waals surface area (Å²) >= 11 is 5.86. The van der Waals surface area contributed by atoms with Crippen LogP contribution in [0.15, 0.2) is 18.2 Å². The predicted octanol–water partition coefficient (Wildman–Crippen LogP) is 3.15. The third-order valence-corrected chi connectivity index (χ3v) is 3.59. The zero-order valence-electron chi connectivity index (χ0n) is 9.75. The van der Waals surface area contributed by atoms with Gasteiger partial charge in [-0.3, -0.25) is 0 Å². The van der Waals surface area contributed by atoms with Crippen molar-refractivity contribution in [2.45, 2.75) is 37.7 Å². The fourth-order valence-electron chi connectivity index (χ4n) is 2.30. The zero-order chi connectivity index (χ0) is 12.3. The maximum Gasteiger partial charge on any atom is 0.138 e. The Balaban J connectivity index is 1.99. The van der Waals surface area contributed by atoms with Gasteiger partial charge in [-0.25, -0.2) is 0 Å². The van der Waals surface area contributed by atoms with Gasteiger partial charge in [0.15, 0.2) is 0 Å². The third kappa shape index (κ3) is 3.27. The Labute approximate surface area is 106 Å². The molecule has 94 valence electrons. The first-order valence-corrected chi connectivity index (χ1v) is 6.42. The standard InChI is InChI=1S/C13H18ClNO2/c14-10-4-5-12(16)11(8-10)15-9-13(17)6-2-1-3-7-13/h4-5,8,15-17H,1-3,6-7,9H2. The molecule has 0 unspecified atom stereocenters. The maximum absolute atomic E-state index is 10.3. The summed E-state index contributed by atoms with van der Waals surface area (Å²) in [6.07, 6.45) is 4.98. The highest BCUT2D eigenvalue weighted by atomic mass is 35.5. The number of phenolic OH excluding ortho intramolecular Hbond substituents is 1. The lowest BCUT2D eigenvalue weighted by Crippen LogP contribution is -2.38. The average molecular weight is 256 g/mol. The molecule has 0 spiro atoms. The molecule has 0 atom stereocenters. The molecule has 1 aromatic rings. The van der Waals surface area contributed by atoms with Gasteiger partial charge in [-0.05, 0) is 31.0 Å². The Hall–Kier alpha value is -0.930. The smallest absolute Gasteiger partial charge is 0.138 e. The van der Waals surface area contributed by atoms with Crippen LogP contribution >= 0.6 is 11.6 Å². The lowest BCUT2D eigenvalue weighted by molar-refractivity contribution is 0.0167. The molecule has 0 saturated heterocycles. The quantitative estimate of drug-likeness (QED) is 0.728. The summed E-state index contributed by atoms with van der Waals surface area (Å²) in [6, 6.07) is 4.86. The predicted molar refractivity (Wildman–Crippen MR) is 69.6 cm³/mol. The van der Waals surface area contributed by atoms with Crippen LogP contribution < -0.4 is 5.32 Å². The van der Waals surface area contributed by atoms with E-state index >= 15 is 0 Å². The highest BCUT2D eigenvalue weighted by Crippen LogP contribution is 2.31. The lowest BCUT2D eigenvalue weighted by Gasteiger charge is -2.32. The minimum Gasteiger partial charge on any atom is -0.506 e. The van der Waals surface area contributed by atoms with Gasteiger partial charge in [0, 0.05) is 11.6 Å². The number of nitrogens with one attached hydrogen (secondary N) is 1. The van der Waals surface area contributed by atoms with E-state index in [2.05, 4.69) is 5.32 Å². The second-order valence-corrected chi connectivity index (χ2v) is 5.24. The van der Waals surface area contributed by atoms with Crippen molar-refractivity contribution in [1.82, 2.24) is 0 Å². The number of halogens is 1. The van der Waals surface area contributed by atoms with Crippen molar-refractivity contribution in [3.8, 4) is 5.75 Å². The molecule has 0 radical (unpaired) electrons. The molecule has 1 aromatic carbocycles. The van der Waals surface area contributed by atoms with Crippen molar-refractivity contribution in [2.75, 3.05) is 11.9 Å². The van der Waals surface area contributed by atoms with Crippen LogP contribution in [-0.2, 0) is 0 Å². The average Bonchev–Trinajstić information content (AvgIpc) is 2.31. The number of anilines is 1. The van der Waals surface area contributed by atoms with Gasteiger partial charge < -0.3 is 15.5 Å². The largest absolute Gasteiger partial charge is 0.506 e. The topological polar surface area (TPSA) is 52.5 Å². The molecule has 0 bridgehead atoms. The van der Waals surface area contributed by atoms with Crippen molar-refractivity contribution in [2.24, 2.45) is 0 Å². The summed E-state index contributed by atoms with van der Waals surface area (Å²) in [5.74, 6) is 0.161. The van der Waals surface area contributed by atoms with Gasteiger partial charge in [0.2, 0.25) is 0 Å². The van der Waals surface area contributed by atoms with Gasteiger partial charge in [0.25, 0.3) is 0 Å². The fourth-order valence-corrected chi connectivity index (χ4v) is 2.47. The highest BCUT2D eigenvalue weighted by molar-refractivity contribution is 6.30. The molecular formula is C13H18ClNO2. The highest BCUT2D eigenvalue weighted by Gasteiger charge is 2.28. The van der Waals surface area contributed by atoms with Crippen molar-refractivity contribution >= 4 is 17.3 Å². The number of rotatable bonds is 3. The van der Waals surface area contributed by atoms with E-state index < -0.39 is 5.60 Å². The second kappa shape index (κ2) is 5.15. The molecule has 4 heteroatoms. The van der Waals surface area contributed by atoms with Crippen molar-refractivity contribution in [3.63, 3.8) is 0 Å². The van der Waals surface area contributed by atoms with Crippen LogP contribution in [0.3, 0.4) is 0 Å². The summed E-state index contributed by atoms with van der Waals surface area (Å²) in [5, 5.41) is 23.6. The molecule has 3 nitrogen and oxygen atoms in total. The number of aliphatic hydroxyl groups is 1. The monoisotopic (exact) mass is 255 g/mol. The van der Waals surface area contributed by atoms with Crippen LogP contribution in [0.4, 0.5) is 5.69 Å². The van der Waals surface area contributed by atoms with E-state index in [1.54, 1.807) is 18.2 Å². The Morgan fingerprint density at radius 1 is 1.24 bits per heavy atom. The summed E-state index contributed by atoms with van der Waals surface area (Å²) < 4.78 is 0. The molecule has 0 amide bonds. The van der Waals surface area contributed by atoms with Crippen LogP contribution in [0, 0.1) is 0 Å². The number of aromatic hydroxyl groups is 1. The van der Waals surface area contributed by atoms with Crippen LogP contribution in [0.1, 0.15) is 32.1 Å².